The van der Waals surface area contributed by atoms with Crippen LogP contribution in [0.4, 0.5) is 18.9 Å². The summed E-state index contributed by atoms with van der Waals surface area (Å²) in [6.45, 7) is 2.11. The molecule has 0 saturated carbocycles. The van der Waals surface area contributed by atoms with E-state index >= 15 is 0 Å². The SMILES string of the molecule is CN(CCCN=C(N)Nc1ccccc1OC(F)(F)F)Cc1ccccc1. The van der Waals surface area contributed by atoms with Crippen molar-refractivity contribution in [1.29, 1.82) is 0 Å². The molecule has 5 nitrogen and oxygen atoms in total. The highest BCUT2D eigenvalue weighted by atomic mass is 19.4. The van der Waals surface area contributed by atoms with E-state index in [4.69, 9.17) is 5.73 Å². The first-order valence-electron chi connectivity index (χ1n) is 8.47. The Balaban J connectivity index is 1.79. The van der Waals surface area contributed by atoms with Crippen LogP contribution in [0.1, 0.15) is 12.0 Å². The highest BCUT2D eigenvalue weighted by Crippen LogP contribution is 2.29. The van der Waals surface area contributed by atoms with Gasteiger partial charge in [-0.15, -0.1) is 13.2 Å². The van der Waals surface area contributed by atoms with Gasteiger partial charge >= 0.3 is 6.36 Å². The summed E-state index contributed by atoms with van der Waals surface area (Å²) >= 11 is 0. The van der Waals surface area contributed by atoms with Crippen LogP contribution in [0.15, 0.2) is 59.6 Å². The number of hydrogen-bond acceptors (Lipinski definition) is 3. The van der Waals surface area contributed by atoms with E-state index in [2.05, 4.69) is 32.1 Å². The number of ether oxygens (including phenoxy) is 1. The minimum atomic E-state index is -4.77. The van der Waals surface area contributed by atoms with Gasteiger partial charge in [-0.25, -0.2) is 0 Å². The fourth-order valence-corrected chi connectivity index (χ4v) is 2.48. The number of halogens is 3. The molecule has 0 amide bonds. The van der Waals surface area contributed by atoms with Gasteiger partial charge in [-0.05, 0) is 37.7 Å². The third kappa shape index (κ3) is 8.00. The number of benzene rings is 2. The maximum atomic E-state index is 12.4. The molecular formula is C19H23F3N4O. The number of nitrogens with one attached hydrogen (secondary N) is 1. The lowest BCUT2D eigenvalue weighted by molar-refractivity contribution is -0.274. The molecule has 0 radical (unpaired) electrons. The summed E-state index contributed by atoms with van der Waals surface area (Å²) in [5.41, 5.74) is 7.10. The molecule has 0 spiro atoms. The van der Waals surface area contributed by atoms with Crippen LogP contribution in [-0.2, 0) is 6.54 Å². The monoisotopic (exact) mass is 380 g/mol. The second-order valence-corrected chi connectivity index (χ2v) is 6.01. The largest absolute Gasteiger partial charge is 0.573 e. The van der Waals surface area contributed by atoms with Crippen molar-refractivity contribution in [2.75, 3.05) is 25.5 Å². The Hall–Kier alpha value is -2.74. The third-order valence-electron chi connectivity index (χ3n) is 3.65. The zero-order valence-electron chi connectivity index (χ0n) is 15.0. The Morgan fingerprint density at radius 3 is 2.48 bits per heavy atom. The van der Waals surface area contributed by atoms with E-state index in [0.717, 1.165) is 19.5 Å². The zero-order chi connectivity index (χ0) is 19.7. The van der Waals surface area contributed by atoms with Gasteiger partial charge in [-0.2, -0.15) is 0 Å². The number of rotatable bonds is 8. The summed E-state index contributed by atoms with van der Waals surface area (Å²) in [5.74, 6) is -0.315. The third-order valence-corrected chi connectivity index (χ3v) is 3.65. The normalized spacial score (nSPS) is 12.3. The standard InChI is InChI=1S/C19H23F3N4O/c1-26(14-15-8-3-2-4-9-15)13-7-12-24-18(23)25-16-10-5-6-11-17(16)27-19(20,21)22/h2-6,8-11H,7,12-14H2,1H3,(H3,23,24,25). The fourth-order valence-electron chi connectivity index (χ4n) is 2.48. The lowest BCUT2D eigenvalue weighted by atomic mass is 10.2. The van der Waals surface area contributed by atoms with Crippen LogP contribution < -0.4 is 15.8 Å². The molecule has 146 valence electrons. The molecular weight excluding hydrogens is 357 g/mol. The van der Waals surface area contributed by atoms with Crippen LogP contribution in [0.25, 0.3) is 0 Å². The highest BCUT2D eigenvalue weighted by molar-refractivity contribution is 5.93. The quantitative estimate of drug-likeness (QED) is 0.415. The van der Waals surface area contributed by atoms with Crippen molar-refractivity contribution in [3.05, 3.63) is 60.2 Å². The number of aliphatic imine (C=N–C) groups is 1. The molecule has 2 aromatic carbocycles. The molecule has 0 unspecified atom stereocenters. The molecule has 0 bridgehead atoms. The lowest BCUT2D eigenvalue weighted by Gasteiger charge is -2.16. The first-order valence-corrected chi connectivity index (χ1v) is 8.47. The van der Waals surface area contributed by atoms with Crippen molar-refractivity contribution in [1.82, 2.24) is 4.90 Å². The van der Waals surface area contributed by atoms with Crippen molar-refractivity contribution < 1.29 is 17.9 Å². The number of nitrogens with two attached hydrogens (primary N) is 1. The first kappa shape index (κ1) is 20.6. The molecule has 0 aliphatic heterocycles. The van der Waals surface area contributed by atoms with E-state index in [1.165, 1.54) is 23.8 Å². The lowest BCUT2D eigenvalue weighted by Crippen LogP contribution is -2.25. The Morgan fingerprint density at radius 2 is 1.78 bits per heavy atom. The van der Waals surface area contributed by atoms with Crippen molar-refractivity contribution in [2.45, 2.75) is 19.3 Å². The second kappa shape index (κ2) is 9.82. The van der Waals surface area contributed by atoms with E-state index in [9.17, 15) is 13.2 Å². The molecule has 0 atom stereocenters. The van der Waals surface area contributed by atoms with Crippen molar-refractivity contribution >= 4 is 11.6 Å². The van der Waals surface area contributed by atoms with Gasteiger partial charge in [0.05, 0.1) is 5.69 Å². The number of hydrogen-bond donors (Lipinski definition) is 2. The average Bonchev–Trinajstić information content (AvgIpc) is 2.60. The minimum Gasteiger partial charge on any atom is -0.404 e. The number of nitrogens with zero attached hydrogens (tertiary/aromatic N) is 2. The molecule has 0 aliphatic rings. The van der Waals surface area contributed by atoms with Crippen LogP contribution in [0, 0.1) is 0 Å². The van der Waals surface area contributed by atoms with Crippen LogP contribution in [0.2, 0.25) is 0 Å². The van der Waals surface area contributed by atoms with Crippen LogP contribution >= 0.6 is 0 Å². The Kier molecular flexibility index (Phi) is 7.48. The van der Waals surface area contributed by atoms with Gasteiger partial charge < -0.3 is 20.7 Å². The van der Waals surface area contributed by atoms with Gasteiger partial charge in [0, 0.05) is 13.1 Å². The molecule has 0 fully saturated rings. The molecule has 2 aromatic rings. The summed E-state index contributed by atoms with van der Waals surface area (Å²) in [6.07, 6.45) is -4.00. The number of anilines is 1. The van der Waals surface area contributed by atoms with Crippen molar-refractivity contribution in [3.8, 4) is 5.75 Å². The van der Waals surface area contributed by atoms with Gasteiger partial charge in [0.1, 0.15) is 0 Å². The van der Waals surface area contributed by atoms with Gasteiger partial charge in [-0.3, -0.25) is 4.99 Å². The highest BCUT2D eigenvalue weighted by Gasteiger charge is 2.32. The molecule has 0 saturated heterocycles. The van der Waals surface area contributed by atoms with E-state index in [1.54, 1.807) is 6.07 Å². The van der Waals surface area contributed by atoms with Crippen molar-refractivity contribution in [3.63, 3.8) is 0 Å². The topological polar surface area (TPSA) is 62.9 Å². The molecule has 0 aromatic heterocycles. The number of alkyl halides is 3. The summed E-state index contributed by atoms with van der Waals surface area (Å²) < 4.78 is 41.2. The van der Waals surface area contributed by atoms with Crippen LogP contribution in [0.3, 0.4) is 0 Å². The summed E-state index contributed by atoms with van der Waals surface area (Å²) in [4.78, 5) is 6.32. The van der Waals surface area contributed by atoms with Gasteiger partial charge in [-0.1, -0.05) is 42.5 Å². The number of para-hydroxylation sites is 2. The van der Waals surface area contributed by atoms with Gasteiger partial charge in [0.2, 0.25) is 0 Å². The second-order valence-electron chi connectivity index (χ2n) is 6.01. The predicted molar refractivity (Wildman–Crippen MR) is 101 cm³/mol. The summed E-state index contributed by atoms with van der Waals surface area (Å²) in [7, 11) is 2.02. The Morgan fingerprint density at radius 1 is 1.11 bits per heavy atom. The van der Waals surface area contributed by atoms with E-state index in [0.29, 0.717) is 6.54 Å². The Bertz CT molecular complexity index is 735. The van der Waals surface area contributed by atoms with E-state index in [-0.39, 0.29) is 17.4 Å². The van der Waals surface area contributed by atoms with Crippen molar-refractivity contribution in [2.24, 2.45) is 10.7 Å². The van der Waals surface area contributed by atoms with Gasteiger partial charge in [0.25, 0.3) is 0 Å². The summed E-state index contributed by atoms with van der Waals surface area (Å²) in [5, 5.41) is 2.65. The maximum Gasteiger partial charge on any atom is 0.573 e. The maximum absolute atomic E-state index is 12.4. The molecule has 3 N–H and O–H groups in total. The molecule has 27 heavy (non-hydrogen) atoms. The molecule has 2 rings (SSSR count). The summed E-state index contributed by atoms with van der Waals surface area (Å²) in [6, 6.07) is 15.8. The first-order chi connectivity index (χ1) is 12.8. The minimum absolute atomic E-state index is 0.0407. The Labute approximate surface area is 156 Å². The van der Waals surface area contributed by atoms with Gasteiger partial charge in [0.15, 0.2) is 11.7 Å². The van der Waals surface area contributed by atoms with Crippen LogP contribution in [0.5, 0.6) is 5.75 Å². The van der Waals surface area contributed by atoms with E-state index < -0.39 is 6.36 Å². The fraction of sp³-hybridized carbons (Fsp3) is 0.316. The van der Waals surface area contributed by atoms with Crippen LogP contribution in [-0.4, -0.2) is 37.4 Å². The number of guanidine groups is 1. The molecule has 0 aliphatic carbocycles. The predicted octanol–water partition coefficient (Wildman–Crippen LogP) is 3.83. The average molecular weight is 380 g/mol. The molecule has 8 heteroatoms. The van der Waals surface area contributed by atoms with E-state index in [1.807, 2.05) is 25.2 Å². The smallest absolute Gasteiger partial charge is 0.404 e. The zero-order valence-corrected chi connectivity index (χ0v) is 15.0. The molecule has 0 heterocycles.